The number of fused-ring (bicyclic) bond motifs is 2. The van der Waals surface area contributed by atoms with E-state index in [-0.39, 0.29) is 5.69 Å². The molecule has 5 rings (SSSR count). The van der Waals surface area contributed by atoms with Crippen molar-refractivity contribution < 1.29 is 9.66 Å². The van der Waals surface area contributed by atoms with Gasteiger partial charge in [0.25, 0.3) is 5.69 Å². The first kappa shape index (κ1) is 20.2. The van der Waals surface area contributed by atoms with Crippen LogP contribution in [0.3, 0.4) is 0 Å². The number of nitrogens with zero attached hydrogens (tertiary/aromatic N) is 3. The molecule has 8 nitrogen and oxygen atoms in total. The van der Waals surface area contributed by atoms with Crippen LogP contribution in [0.2, 0.25) is 0 Å². The highest BCUT2D eigenvalue weighted by Crippen LogP contribution is 2.31. The van der Waals surface area contributed by atoms with E-state index in [0.29, 0.717) is 17.1 Å². The van der Waals surface area contributed by atoms with Gasteiger partial charge in [0.2, 0.25) is 0 Å². The molecule has 33 heavy (non-hydrogen) atoms. The summed E-state index contributed by atoms with van der Waals surface area (Å²) in [6.45, 7) is 0. The smallest absolute Gasteiger partial charge is 0.270 e. The molecule has 0 amide bonds. The summed E-state index contributed by atoms with van der Waals surface area (Å²) < 4.78 is 5.56. The normalized spacial score (nSPS) is 11.3. The monoisotopic (exact) mass is 437 g/mol. The molecule has 0 bridgehead atoms. The van der Waals surface area contributed by atoms with Crippen molar-refractivity contribution in [3.63, 3.8) is 0 Å². The highest BCUT2D eigenvalue weighted by atomic mass is 16.6. The first-order chi connectivity index (χ1) is 16.1. The minimum atomic E-state index is -0.409. The molecule has 0 saturated heterocycles. The number of hydrogen-bond donors (Lipinski definition) is 2. The van der Waals surface area contributed by atoms with Crippen LogP contribution in [-0.2, 0) is 0 Å². The van der Waals surface area contributed by atoms with Gasteiger partial charge < -0.3 is 15.0 Å². The molecule has 0 saturated carbocycles. The molecule has 0 atom stereocenters. The molecule has 3 aromatic carbocycles. The predicted octanol–water partition coefficient (Wildman–Crippen LogP) is 5.94. The molecule has 0 aliphatic carbocycles. The second-order valence-corrected chi connectivity index (χ2v) is 7.42. The van der Waals surface area contributed by atoms with Gasteiger partial charge in [-0.05, 0) is 35.9 Å². The fourth-order valence-electron chi connectivity index (χ4n) is 3.70. The van der Waals surface area contributed by atoms with Crippen molar-refractivity contribution in [3.8, 4) is 5.75 Å². The maximum absolute atomic E-state index is 11.1. The van der Waals surface area contributed by atoms with Crippen molar-refractivity contribution >= 4 is 51.2 Å². The van der Waals surface area contributed by atoms with Gasteiger partial charge in [0.1, 0.15) is 17.9 Å². The lowest BCUT2D eigenvalue weighted by molar-refractivity contribution is -0.384. The minimum absolute atomic E-state index is 0.0434. The lowest BCUT2D eigenvalue weighted by atomic mass is 10.1. The van der Waals surface area contributed by atoms with Crippen molar-refractivity contribution in [1.29, 1.82) is 0 Å². The molecule has 2 aromatic heterocycles. The molecule has 2 N–H and O–H groups in total. The van der Waals surface area contributed by atoms with Gasteiger partial charge in [0.05, 0.1) is 17.5 Å². The summed E-state index contributed by atoms with van der Waals surface area (Å²) in [4.78, 5) is 22.7. The number of nitro groups is 1. The van der Waals surface area contributed by atoms with Crippen LogP contribution in [0.25, 0.3) is 34.0 Å². The molecule has 0 spiro atoms. The first-order valence-electron chi connectivity index (χ1n) is 10.2. The van der Waals surface area contributed by atoms with E-state index in [0.717, 1.165) is 33.1 Å². The summed E-state index contributed by atoms with van der Waals surface area (Å²) in [5, 5.41) is 16.4. The van der Waals surface area contributed by atoms with Crippen LogP contribution >= 0.6 is 0 Å². The van der Waals surface area contributed by atoms with Gasteiger partial charge in [-0.2, -0.15) is 0 Å². The van der Waals surface area contributed by atoms with Crippen molar-refractivity contribution in [2.24, 2.45) is 0 Å². The second-order valence-electron chi connectivity index (χ2n) is 7.42. The molecule has 2 heterocycles. The highest BCUT2D eigenvalue weighted by Gasteiger charge is 2.10. The van der Waals surface area contributed by atoms with E-state index in [9.17, 15) is 10.1 Å². The van der Waals surface area contributed by atoms with Crippen molar-refractivity contribution in [2.45, 2.75) is 0 Å². The van der Waals surface area contributed by atoms with E-state index in [1.165, 1.54) is 18.5 Å². The Hall–Kier alpha value is -4.72. The molecule has 162 valence electrons. The number of methoxy groups -OCH3 is 1. The van der Waals surface area contributed by atoms with E-state index >= 15 is 0 Å². The van der Waals surface area contributed by atoms with Crippen molar-refractivity contribution in [2.75, 3.05) is 12.4 Å². The SMILES string of the molecule is COc1cc2ncnc(Nc3ccc4[nH]ccc4c3)c2cc1/C=C/c1cccc([N+](=O)[O-])c1. The number of H-pyrrole nitrogens is 1. The van der Waals surface area contributed by atoms with Crippen LogP contribution in [0.4, 0.5) is 17.2 Å². The Kier molecular flexibility index (Phi) is 5.16. The van der Waals surface area contributed by atoms with Gasteiger partial charge in [-0.15, -0.1) is 0 Å². The average molecular weight is 437 g/mol. The zero-order chi connectivity index (χ0) is 22.8. The summed E-state index contributed by atoms with van der Waals surface area (Å²) in [5.74, 6) is 1.31. The topological polar surface area (TPSA) is 106 Å². The van der Waals surface area contributed by atoms with E-state index in [1.54, 1.807) is 13.2 Å². The maximum Gasteiger partial charge on any atom is 0.270 e. The summed E-state index contributed by atoms with van der Waals surface area (Å²) in [6, 6.07) is 18.3. The zero-order valence-corrected chi connectivity index (χ0v) is 17.6. The van der Waals surface area contributed by atoms with Gasteiger partial charge in [0.15, 0.2) is 0 Å². The summed E-state index contributed by atoms with van der Waals surface area (Å²) in [6.07, 6.45) is 7.09. The number of hydrogen-bond acceptors (Lipinski definition) is 6. The summed E-state index contributed by atoms with van der Waals surface area (Å²) in [7, 11) is 1.60. The molecule has 0 radical (unpaired) electrons. The number of rotatable bonds is 6. The predicted molar refractivity (Wildman–Crippen MR) is 130 cm³/mol. The highest BCUT2D eigenvalue weighted by molar-refractivity contribution is 5.95. The lowest BCUT2D eigenvalue weighted by Crippen LogP contribution is -1.97. The fourth-order valence-corrected chi connectivity index (χ4v) is 3.70. The number of nitrogens with one attached hydrogen (secondary N) is 2. The van der Waals surface area contributed by atoms with Gasteiger partial charge >= 0.3 is 0 Å². The van der Waals surface area contributed by atoms with Crippen LogP contribution in [0.15, 0.2) is 73.2 Å². The Labute approximate surface area is 188 Å². The Morgan fingerprint density at radius 2 is 1.97 bits per heavy atom. The fraction of sp³-hybridized carbons (Fsp3) is 0.0400. The molecule has 0 unspecified atom stereocenters. The van der Waals surface area contributed by atoms with Crippen LogP contribution < -0.4 is 10.1 Å². The number of aromatic nitrogens is 3. The van der Waals surface area contributed by atoms with Crippen LogP contribution in [-0.4, -0.2) is 27.0 Å². The number of aromatic amines is 1. The van der Waals surface area contributed by atoms with Gasteiger partial charge in [0, 0.05) is 51.9 Å². The van der Waals surface area contributed by atoms with Gasteiger partial charge in [-0.3, -0.25) is 10.1 Å². The molecular weight excluding hydrogens is 418 g/mol. The van der Waals surface area contributed by atoms with Gasteiger partial charge in [-0.25, -0.2) is 9.97 Å². The summed E-state index contributed by atoms with van der Waals surface area (Å²) >= 11 is 0. The Balaban J connectivity index is 1.53. The molecule has 0 aliphatic heterocycles. The van der Waals surface area contributed by atoms with Crippen molar-refractivity contribution in [1.82, 2.24) is 15.0 Å². The Bertz CT molecular complexity index is 1520. The molecule has 0 fully saturated rings. The number of non-ortho nitro benzene ring substituents is 1. The average Bonchev–Trinajstić information content (AvgIpc) is 3.30. The van der Waals surface area contributed by atoms with Crippen LogP contribution in [0.5, 0.6) is 5.75 Å². The third-order valence-electron chi connectivity index (χ3n) is 5.34. The van der Waals surface area contributed by atoms with Crippen molar-refractivity contribution in [3.05, 3.63) is 94.4 Å². The third-order valence-corrected chi connectivity index (χ3v) is 5.34. The maximum atomic E-state index is 11.1. The zero-order valence-electron chi connectivity index (χ0n) is 17.6. The second kappa shape index (κ2) is 8.43. The molecular formula is C25H19N5O3. The van der Waals surface area contributed by atoms with E-state index in [4.69, 9.17) is 4.74 Å². The first-order valence-corrected chi connectivity index (χ1v) is 10.2. The van der Waals surface area contributed by atoms with E-state index in [2.05, 4.69) is 20.3 Å². The Morgan fingerprint density at radius 3 is 2.82 bits per heavy atom. The van der Waals surface area contributed by atoms with Gasteiger partial charge in [-0.1, -0.05) is 24.3 Å². The number of benzene rings is 3. The number of nitro benzene ring substituents is 1. The van der Waals surface area contributed by atoms with Crippen LogP contribution in [0, 0.1) is 10.1 Å². The standard InChI is InChI=1S/C25H19N5O3/c1-33-24-14-23-21(13-18(24)6-5-16-3-2-4-20(11-16)30(31)32)25(28-15-27-23)29-19-7-8-22-17(12-19)9-10-26-22/h2-15,26H,1H3,(H,27,28,29)/b6-5+. The summed E-state index contributed by atoms with van der Waals surface area (Å²) in [5.41, 5.74) is 4.27. The lowest BCUT2D eigenvalue weighted by Gasteiger charge is -2.11. The van der Waals surface area contributed by atoms with E-state index < -0.39 is 4.92 Å². The van der Waals surface area contributed by atoms with Crippen LogP contribution in [0.1, 0.15) is 11.1 Å². The Morgan fingerprint density at radius 1 is 1.06 bits per heavy atom. The molecule has 8 heteroatoms. The third kappa shape index (κ3) is 4.09. The molecule has 0 aliphatic rings. The quantitative estimate of drug-likeness (QED) is 0.193. The number of ether oxygens (including phenoxy) is 1. The number of anilines is 2. The molecule has 5 aromatic rings. The minimum Gasteiger partial charge on any atom is -0.496 e. The van der Waals surface area contributed by atoms with E-state index in [1.807, 2.05) is 60.8 Å². The largest absolute Gasteiger partial charge is 0.496 e.